The van der Waals surface area contributed by atoms with Crippen molar-refractivity contribution < 1.29 is 4.84 Å². The molecule has 13 heavy (non-hydrogen) atoms. The summed E-state index contributed by atoms with van der Waals surface area (Å²) in [7, 11) is 0. The van der Waals surface area contributed by atoms with Gasteiger partial charge in [-0.15, -0.1) is 0 Å². The Bertz CT molecular complexity index is 286. The zero-order valence-electron chi connectivity index (χ0n) is 7.79. The summed E-state index contributed by atoms with van der Waals surface area (Å²) in [4.78, 5) is 5.45. The predicted octanol–water partition coefficient (Wildman–Crippen LogP) is 1.72. The summed E-state index contributed by atoms with van der Waals surface area (Å²) in [5.41, 5.74) is 8.87. The van der Waals surface area contributed by atoms with Gasteiger partial charge in [0, 0.05) is 6.54 Å². The lowest BCUT2D eigenvalue weighted by Crippen LogP contribution is -2.18. The smallest absolute Gasteiger partial charge is 0.0894 e. The molecule has 0 radical (unpaired) electrons. The Morgan fingerprint density at radius 2 is 2.31 bits per heavy atom. The second-order valence-corrected chi connectivity index (χ2v) is 3.30. The third-order valence-corrected chi connectivity index (χ3v) is 2.27. The van der Waals surface area contributed by atoms with Crippen LogP contribution in [0.2, 0.25) is 0 Å². The number of benzene rings is 1. The minimum absolute atomic E-state index is 0.793. The average molecular weight is 178 g/mol. The van der Waals surface area contributed by atoms with Gasteiger partial charge < -0.3 is 5.73 Å². The maximum atomic E-state index is 5.88. The molecule has 70 valence electrons. The third-order valence-electron chi connectivity index (χ3n) is 2.27. The van der Waals surface area contributed by atoms with Gasteiger partial charge in [-0.1, -0.05) is 12.1 Å². The number of rotatable bonds is 1. The van der Waals surface area contributed by atoms with E-state index in [4.69, 9.17) is 10.6 Å². The number of nitrogens with zero attached hydrogens (tertiary/aromatic N) is 1. The van der Waals surface area contributed by atoms with E-state index < -0.39 is 0 Å². The van der Waals surface area contributed by atoms with Crippen LogP contribution in [-0.4, -0.2) is 13.2 Å². The summed E-state index contributed by atoms with van der Waals surface area (Å²) in [6.45, 7) is 3.79. The first-order valence-electron chi connectivity index (χ1n) is 4.54. The van der Waals surface area contributed by atoms with E-state index in [2.05, 4.69) is 0 Å². The Kier molecular flexibility index (Phi) is 2.10. The van der Waals surface area contributed by atoms with Crippen LogP contribution in [0.4, 0.5) is 11.4 Å². The van der Waals surface area contributed by atoms with E-state index in [0.29, 0.717) is 0 Å². The number of hydrogen-bond donors (Lipinski definition) is 1. The Morgan fingerprint density at radius 3 is 2.92 bits per heavy atom. The standard InChI is InChI=1S/C10H14N2O/c1-8-4-2-5-9(11)10(8)12-6-3-7-13-12/h2,4-5H,3,6-7,11H2,1H3. The Labute approximate surface area is 78.1 Å². The molecule has 0 aliphatic carbocycles. The largest absolute Gasteiger partial charge is 0.397 e. The molecule has 1 aliphatic rings. The molecule has 0 bridgehead atoms. The summed E-state index contributed by atoms with van der Waals surface area (Å²) < 4.78 is 0. The summed E-state index contributed by atoms with van der Waals surface area (Å²) in [6, 6.07) is 5.92. The van der Waals surface area contributed by atoms with E-state index in [-0.39, 0.29) is 0 Å². The van der Waals surface area contributed by atoms with Crippen molar-refractivity contribution in [2.45, 2.75) is 13.3 Å². The van der Waals surface area contributed by atoms with Crippen molar-refractivity contribution in [3.63, 3.8) is 0 Å². The van der Waals surface area contributed by atoms with Gasteiger partial charge in [-0.3, -0.25) is 9.90 Å². The summed E-state index contributed by atoms with van der Waals surface area (Å²) >= 11 is 0. The molecule has 1 saturated heterocycles. The van der Waals surface area contributed by atoms with Crippen LogP contribution in [0.3, 0.4) is 0 Å². The Morgan fingerprint density at radius 1 is 1.46 bits per heavy atom. The van der Waals surface area contributed by atoms with Gasteiger partial charge in [0.2, 0.25) is 0 Å². The highest BCUT2D eigenvalue weighted by Crippen LogP contribution is 2.29. The van der Waals surface area contributed by atoms with Crippen molar-refractivity contribution in [3.8, 4) is 0 Å². The fourth-order valence-electron chi connectivity index (χ4n) is 1.65. The second-order valence-electron chi connectivity index (χ2n) is 3.30. The van der Waals surface area contributed by atoms with Crippen molar-refractivity contribution in [2.24, 2.45) is 0 Å². The average Bonchev–Trinajstić information content (AvgIpc) is 2.57. The quantitative estimate of drug-likeness (QED) is 0.665. The van der Waals surface area contributed by atoms with Gasteiger partial charge in [0.05, 0.1) is 18.0 Å². The normalized spacial score (nSPS) is 16.5. The van der Waals surface area contributed by atoms with E-state index in [0.717, 1.165) is 30.9 Å². The van der Waals surface area contributed by atoms with Crippen molar-refractivity contribution in [1.82, 2.24) is 0 Å². The zero-order valence-corrected chi connectivity index (χ0v) is 7.79. The monoisotopic (exact) mass is 178 g/mol. The van der Waals surface area contributed by atoms with Crippen LogP contribution in [0.5, 0.6) is 0 Å². The molecule has 0 amide bonds. The van der Waals surface area contributed by atoms with E-state index in [1.54, 1.807) is 0 Å². The highest BCUT2D eigenvalue weighted by Gasteiger charge is 2.17. The molecule has 1 fully saturated rings. The molecule has 2 N–H and O–H groups in total. The van der Waals surface area contributed by atoms with E-state index in [1.165, 1.54) is 5.56 Å². The molecule has 1 aliphatic heterocycles. The first-order valence-corrected chi connectivity index (χ1v) is 4.54. The van der Waals surface area contributed by atoms with Crippen molar-refractivity contribution in [3.05, 3.63) is 23.8 Å². The highest BCUT2D eigenvalue weighted by atomic mass is 16.7. The number of anilines is 2. The highest BCUT2D eigenvalue weighted by molar-refractivity contribution is 5.70. The topological polar surface area (TPSA) is 38.5 Å². The molecule has 1 aromatic carbocycles. The lowest BCUT2D eigenvalue weighted by Gasteiger charge is -2.20. The maximum absolute atomic E-state index is 5.88. The van der Waals surface area contributed by atoms with Crippen molar-refractivity contribution in [1.29, 1.82) is 0 Å². The summed E-state index contributed by atoms with van der Waals surface area (Å²) in [5, 5.41) is 1.89. The molecular weight excluding hydrogens is 164 g/mol. The minimum Gasteiger partial charge on any atom is -0.397 e. The van der Waals surface area contributed by atoms with Crippen molar-refractivity contribution >= 4 is 11.4 Å². The van der Waals surface area contributed by atoms with Crippen LogP contribution < -0.4 is 10.8 Å². The predicted molar refractivity (Wildman–Crippen MR) is 53.5 cm³/mol. The van der Waals surface area contributed by atoms with E-state index in [1.807, 2.05) is 30.2 Å². The summed E-state index contributed by atoms with van der Waals surface area (Å²) in [6.07, 6.45) is 1.08. The fraction of sp³-hybridized carbons (Fsp3) is 0.400. The molecule has 0 atom stereocenters. The third kappa shape index (κ3) is 1.47. The first-order chi connectivity index (χ1) is 6.29. The van der Waals surface area contributed by atoms with Crippen LogP contribution in [0.25, 0.3) is 0 Å². The molecular formula is C10H14N2O. The molecule has 3 nitrogen and oxygen atoms in total. The van der Waals surface area contributed by atoms with Crippen LogP contribution in [0.15, 0.2) is 18.2 Å². The fourth-order valence-corrected chi connectivity index (χ4v) is 1.65. The van der Waals surface area contributed by atoms with Crippen LogP contribution >= 0.6 is 0 Å². The zero-order chi connectivity index (χ0) is 9.26. The Hall–Kier alpha value is -1.22. The van der Waals surface area contributed by atoms with Gasteiger partial charge in [-0.05, 0) is 25.0 Å². The van der Waals surface area contributed by atoms with Gasteiger partial charge in [0.15, 0.2) is 0 Å². The maximum Gasteiger partial charge on any atom is 0.0894 e. The lowest BCUT2D eigenvalue weighted by molar-refractivity contribution is 0.168. The molecule has 0 aromatic heterocycles. The van der Waals surface area contributed by atoms with Gasteiger partial charge >= 0.3 is 0 Å². The van der Waals surface area contributed by atoms with Gasteiger partial charge in [0.1, 0.15) is 0 Å². The number of nitrogens with two attached hydrogens (primary N) is 1. The van der Waals surface area contributed by atoms with Crippen LogP contribution in [0, 0.1) is 6.92 Å². The molecule has 1 aromatic rings. The first kappa shape index (κ1) is 8.38. The molecule has 0 spiro atoms. The number of hydroxylamine groups is 1. The second kappa shape index (κ2) is 3.26. The molecule has 0 unspecified atom stereocenters. The number of nitrogen functional groups attached to an aromatic ring is 1. The van der Waals surface area contributed by atoms with Gasteiger partial charge in [0.25, 0.3) is 0 Å². The number of hydrogen-bond acceptors (Lipinski definition) is 3. The molecule has 3 heteroatoms. The van der Waals surface area contributed by atoms with Gasteiger partial charge in [-0.25, -0.2) is 0 Å². The minimum atomic E-state index is 0.793. The van der Waals surface area contributed by atoms with E-state index in [9.17, 15) is 0 Å². The lowest BCUT2D eigenvalue weighted by atomic mass is 10.1. The molecule has 2 rings (SSSR count). The molecule has 1 heterocycles. The summed E-state index contributed by atoms with van der Waals surface area (Å²) in [5.74, 6) is 0. The molecule has 0 saturated carbocycles. The van der Waals surface area contributed by atoms with E-state index >= 15 is 0 Å². The number of aryl methyl sites for hydroxylation is 1. The van der Waals surface area contributed by atoms with Crippen LogP contribution in [-0.2, 0) is 4.84 Å². The van der Waals surface area contributed by atoms with Crippen LogP contribution in [0.1, 0.15) is 12.0 Å². The van der Waals surface area contributed by atoms with Crippen molar-refractivity contribution in [2.75, 3.05) is 23.9 Å². The Balaban J connectivity index is 2.37. The number of para-hydroxylation sites is 1. The van der Waals surface area contributed by atoms with Gasteiger partial charge in [-0.2, -0.15) is 0 Å². The SMILES string of the molecule is Cc1cccc(N)c1N1CCCO1.